The molecule has 1 atom stereocenters. The lowest BCUT2D eigenvalue weighted by atomic mass is 10.1. The highest BCUT2D eigenvalue weighted by atomic mass is 16.5. The summed E-state index contributed by atoms with van der Waals surface area (Å²) in [6.45, 7) is 4.03. The quantitative estimate of drug-likeness (QED) is 0.581. The van der Waals surface area contributed by atoms with E-state index in [1.165, 1.54) is 5.56 Å². The van der Waals surface area contributed by atoms with Crippen molar-refractivity contribution in [2.24, 2.45) is 0 Å². The lowest BCUT2D eigenvalue weighted by Crippen LogP contribution is -2.40. The molecule has 0 aliphatic carbocycles. The molecule has 2 aromatic carbocycles. The van der Waals surface area contributed by atoms with Crippen LogP contribution in [0.4, 0.5) is 0 Å². The van der Waals surface area contributed by atoms with Crippen LogP contribution < -0.4 is 5.32 Å². The van der Waals surface area contributed by atoms with Crippen molar-refractivity contribution in [1.82, 2.24) is 20.4 Å². The van der Waals surface area contributed by atoms with Crippen LogP contribution in [0.3, 0.4) is 0 Å². The minimum Gasteiger partial charge on any atom is -0.418 e. The third kappa shape index (κ3) is 6.00. The fourth-order valence-electron chi connectivity index (χ4n) is 3.73. The zero-order valence-electron chi connectivity index (χ0n) is 18.2. The van der Waals surface area contributed by atoms with E-state index >= 15 is 0 Å². The van der Waals surface area contributed by atoms with Gasteiger partial charge >= 0.3 is 0 Å². The summed E-state index contributed by atoms with van der Waals surface area (Å²) in [5, 5.41) is 11.0. The van der Waals surface area contributed by atoms with Gasteiger partial charge in [0.15, 0.2) is 0 Å². The van der Waals surface area contributed by atoms with Gasteiger partial charge in [-0.1, -0.05) is 36.4 Å². The fourth-order valence-corrected chi connectivity index (χ4v) is 3.73. The van der Waals surface area contributed by atoms with Crippen LogP contribution in [0.15, 0.2) is 59.0 Å². The van der Waals surface area contributed by atoms with Gasteiger partial charge in [0.05, 0.1) is 6.10 Å². The Bertz CT molecular complexity index is 1010. The van der Waals surface area contributed by atoms with Gasteiger partial charge in [-0.25, -0.2) is 0 Å². The largest absolute Gasteiger partial charge is 0.418 e. The standard InChI is InChI=1S/C24H28N4O4/c1-30-17-22-26-27-24(32-22)20-10-5-9-19(13-20)23(29)25-14-21-16-28(11-6-12-31-21)15-18-7-3-2-4-8-18/h2-5,7-10,13,21H,6,11-12,14-17H2,1H3,(H,25,29)/t21-/m0/s1. The minimum atomic E-state index is -0.161. The highest BCUT2D eigenvalue weighted by Crippen LogP contribution is 2.19. The second kappa shape index (κ2) is 11.0. The molecule has 8 nitrogen and oxygen atoms in total. The number of benzene rings is 2. The zero-order valence-corrected chi connectivity index (χ0v) is 18.2. The molecule has 0 radical (unpaired) electrons. The Hall–Kier alpha value is -3.07. The smallest absolute Gasteiger partial charge is 0.251 e. The molecule has 2 heterocycles. The number of hydrogen-bond acceptors (Lipinski definition) is 7. The summed E-state index contributed by atoms with van der Waals surface area (Å²) in [5.74, 6) is 0.587. The van der Waals surface area contributed by atoms with E-state index in [4.69, 9.17) is 13.9 Å². The molecule has 1 fully saturated rings. The molecule has 8 heteroatoms. The molecule has 0 spiro atoms. The van der Waals surface area contributed by atoms with Crippen LogP contribution >= 0.6 is 0 Å². The van der Waals surface area contributed by atoms with Crippen molar-refractivity contribution >= 4 is 5.91 Å². The van der Waals surface area contributed by atoms with Crippen molar-refractivity contribution in [2.75, 3.05) is 33.4 Å². The molecule has 3 aromatic rings. The number of methoxy groups -OCH3 is 1. The Kier molecular flexibility index (Phi) is 7.60. The van der Waals surface area contributed by atoms with Crippen LogP contribution in [0, 0.1) is 0 Å². The molecule has 0 bridgehead atoms. The van der Waals surface area contributed by atoms with Crippen LogP contribution in [0.2, 0.25) is 0 Å². The van der Waals surface area contributed by atoms with Crippen molar-refractivity contribution in [1.29, 1.82) is 0 Å². The van der Waals surface area contributed by atoms with E-state index < -0.39 is 0 Å². The Morgan fingerprint density at radius 1 is 1.19 bits per heavy atom. The Morgan fingerprint density at radius 2 is 2.06 bits per heavy atom. The monoisotopic (exact) mass is 436 g/mol. The molecule has 1 amide bonds. The average Bonchev–Trinajstić information content (AvgIpc) is 3.18. The third-order valence-corrected chi connectivity index (χ3v) is 5.28. The molecule has 4 rings (SSSR count). The van der Waals surface area contributed by atoms with Gasteiger partial charge in [-0.2, -0.15) is 0 Å². The molecule has 1 N–H and O–H groups in total. The molecule has 1 aliphatic rings. The Labute approximate surface area is 187 Å². The predicted molar refractivity (Wildman–Crippen MR) is 119 cm³/mol. The maximum absolute atomic E-state index is 12.8. The molecular formula is C24H28N4O4. The average molecular weight is 437 g/mol. The number of carbonyl (C=O) groups excluding carboxylic acids is 1. The number of nitrogens with zero attached hydrogens (tertiary/aromatic N) is 3. The lowest BCUT2D eigenvalue weighted by molar-refractivity contribution is 0.0510. The van der Waals surface area contributed by atoms with E-state index in [-0.39, 0.29) is 18.6 Å². The highest BCUT2D eigenvalue weighted by molar-refractivity contribution is 5.95. The molecule has 0 unspecified atom stereocenters. The normalized spacial score (nSPS) is 17.1. The van der Waals surface area contributed by atoms with Gasteiger partial charge in [-0.05, 0) is 30.2 Å². The first-order chi connectivity index (χ1) is 15.7. The van der Waals surface area contributed by atoms with Gasteiger partial charge in [-0.15, -0.1) is 10.2 Å². The number of carbonyl (C=O) groups is 1. The molecule has 0 saturated carbocycles. The summed E-state index contributed by atoms with van der Waals surface area (Å²) in [7, 11) is 1.56. The second-order valence-corrected chi connectivity index (χ2v) is 7.79. The summed E-state index contributed by atoms with van der Waals surface area (Å²) in [5.41, 5.74) is 2.50. The van der Waals surface area contributed by atoms with Gasteiger partial charge in [0.2, 0.25) is 11.8 Å². The Balaban J connectivity index is 1.34. The van der Waals surface area contributed by atoms with Crippen LogP contribution in [-0.4, -0.2) is 60.5 Å². The van der Waals surface area contributed by atoms with E-state index in [0.29, 0.717) is 36.1 Å². The maximum atomic E-state index is 12.8. The predicted octanol–water partition coefficient (Wildman–Crippen LogP) is 2.90. The molecule has 32 heavy (non-hydrogen) atoms. The summed E-state index contributed by atoms with van der Waals surface area (Å²) < 4.78 is 16.5. The number of amides is 1. The van der Waals surface area contributed by atoms with Crippen LogP contribution in [0.25, 0.3) is 11.5 Å². The number of hydrogen-bond donors (Lipinski definition) is 1. The Morgan fingerprint density at radius 3 is 2.91 bits per heavy atom. The number of aromatic nitrogens is 2. The first-order valence-corrected chi connectivity index (χ1v) is 10.8. The van der Waals surface area contributed by atoms with E-state index in [9.17, 15) is 4.79 Å². The topological polar surface area (TPSA) is 89.7 Å². The summed E-state index contributed by atoms with van der Waals surface area (Å²) in [6, 6.07) is 17.6. The van der Waals surface area contributed by atoms with Crippen LogP contribution in [0.1, 0.15) is 28.2 Å². The highest BCUT2D eigenvalue weighted by Gasteiger charge is 2.20. The molecule has 1 aliphatic heterocycles. The minimum absolute atomic E-state index is 0.0547. The van der Waals surface area contributed by atoms with E-state index in [0.717, 1.165) is 26.1 Å². The molecule has 1 aromatic heterocycles. The summed E-state index contributed by atoms with van der Waals surface area (Å²) >= 11 is 0. The van der Waals surface area contributed by atoms with E-state index in [1.54, 1.807) is 25.3 Å². The fraction of sp³-hybridized carbons (Fsp3) is 0.375. The van der Waals surface area contributed by atoms with Crippen molar-refractivity contribution in [3.63, 3.8) is 0 Å². The van der Waals surface area contributed by atoms with Gasteiger partial charge in [0.25, 0.3) is 5.91 Å². The van der Waals surface area contributed by atoms with Gasteiger partial charge in [0, 0.05) is 51.0 Å². The van der Waals surface area contributed by atoms with E-state index in [1.807, 2.05) is 12.1 Å². The molecule has 1 saturated heterocycles. The van der Waals surface area contributed by atoms with Gasteiger partial charge < -0.3 is 19.2 Å². The summed E-state index contributed by atoms with van der Waals surface area (Å²) in [4.78, 5) is 15.2. The SMILES string of the molecule is COCc1nnc(-c2cccc(C(=O)NC[C@H]3CN(Cc4ccccc4)CCCO3)c2)o1. The maximum Gasteiger partial charge on any atom is 0.251 e. The van der Waals surface area contributed by atoms with Crippen molar-refractivity contribution in [3.8, 4) is 11.5 Å². The van der Waals surface area contributed by atoms with E-state index in [2.05, 4.69) is 44.7 Å². The first-order valence-electron chi connectivity index (χ1n) is 10.8. The number of nitrogens with one attached hydrogen (secondary N) is 1. The third-order valence-electron chi connectivity index (χ3n) is 5.28. The first kappa shape index (κ1) is 22.1. The van der Waals surface area contributed by atoms with Gasteiger partial charge in [-0.3, -0.25) is 9.69 Å². The summed E-state index contributed by atoms with van der Waals surface area (Å²) in [6.07, 6.45) is 0.926. The second-order valence-electron chi connectivity index (χ2n) is 7.79. The number of ether oxygens (including phenoxy) is 2. The van der Waals surface area contributed by atoms with Gasteiger partial charge in [0.1, 0.15) is 6.61 Å². The van der Waals surface area contributed by atoms with Crippen LogP contribution in [0.5, 0.6) is 0 Å². The van der Waals surface area contributed by atoms with Crippen molar-refractivity contribution in [3.05, 3.63) is 71.6 Å². The van der Waals surface area contributed by atoms with Crippen LogP contribution in [-0.2, 0) is 22.6 Å². The van der Waals surface area contributed by atoms with Crippen molar-refractivity contribution in [2.45, 2.75) is 25.7 Å². The molecular weight excluding hydrogens is 408 g/mol. The lowest BCUT2D eigenvalue weighted by Gasteiger charge is -2.24. The van der Waals surface area contributed by atoms with Crippen molar-refractivity contribution < 1.29 is 18.7 Å². The zero-order chi connectivity index (χ0) is 22.2. The molecule has 168 valence electrons. The number of rotatable bonds is 8.